The van der Waals surface area contributed by atoms with E-state index < -0.39 is 0 Å². The molecule has 0 amide bonds. The summed E-state index contributed by atoms with van der Waals surface area (Å²) < 4.78 is 0. The van der Waals surface area contributed by atoms with Gasteiger partial charge in [0.2, 0.25) is 0 Å². The van der Waals surface area contributed by atoms with Gasteiger partial charge in [0.25, 0.3) is 0 Å². The van der Waals surface area contributed by atoms with E-state index in [2.05, 4.69) is 10.3 Å². The zero-order valence-corrected chi connectivity index (χ0v) is 6.28. The lowest BCUT2D eigenvalue weighted by molar-refractivity contribution is 1.18. The van der Waals surface area contributed by atoms with Crippen molar-refractivity contribution in [3.63, 3.8) is 0 Å². The monoisotopic (exact) mass is 135 g/mol. The van der Waals surface area contributed by atoms with Crippen LogP contribution in [0.25, 0.3) is 5.32 Å². The van der Waals surface area contributed by atoms with E-state index in [-0.39, 0.29) is 6.04 Å². The highest BCUT2D eigenvalue weighted by molar-refractivity contribution is 6.03. The van der Waals surface area contributed by atoms with E-state index in [9.17, 15) is 0 Å². The molecule has 0 heterocycles. The molecule has 1 atom stereocenters. The van der Waals surface area contributed by atoms with Crippen LogP contribution in [0.5, 0.6) is 0 Å². The smallest absolute Gasteiger partial charge is 0.0279 e. The van der Waals surface area contributed by atoms with Crippen LogP contribution >= 0.6 is 0 Å². The summed E-state index contributed by atoms with van der Waals surface area (Å²) in [6.07, 6.45) is 7.98. The van der Waals surface area contributed by atoms with E-state index >= 15 is 0 Å². The van der Waals surface area contributed by atoms with Gasteiger partial charge in [0.15, 0.2) is 0 Å². The lowest BCUT2D eigenvalue weighted by atomic mass is 10.1. The minimum absolute atomic E-state index is 0.176. The van der Waals surface area contributed by atoms with Gasteiger partial charge in [0.05, 0.1) is 0 Å². The molecular weight excluding hydrogens is 124 g/mol. The Bertz CT molecular complexity index is 189. The second-order valence-electron chi connectivity index (χ2n) is 2.10. The van der Waals surface area contributed by atoms with Gasteiger partial charge in [-0.1, -0.05) is 24.3 Å². The van der Waals surface area contributed by atoms with E-state index in [0.717, 1.165) is 5.71 Å². The minimum Gasteiger partial charge on any atom is -0.654 e. The summed E-state index contributed by atoms with van der Waals surface area (Å²) in [6.45, 7) is 0. The molecule has 2 nitrogen and oxygen atoms in total. The number of allylic oxidation sites excluding steroid dienone is 2. The second kappa shape index (κ2) is 3.32. The van der Waals surface area contributed by atoms with Crippen molar-refractivity contribution < 1.29 is 0 Å². The van der Waals surface area contributed by atoms with Gasteiger partial charge < -0.3 is 5.32 Å². The predicted molar refractivity (Wildman–Crippen MR) is 44.7 cm³/mol. The molecule has 1 aliphatic rings. The van der Waals surface area contributed by atoms with Crippen molar-refractivity contribution in [2.45, 2.75) is 6.04 Å². The van der Waals surface area contributed by atoms with Crippen molar-refractivity contribution in [3.8, 4) is 0 Å². The summed E-state index contributed by atoms with van der Waals surface area (Å²) in [5, 5.41) is 4.13. The molecule has 0 saturated carbocycles. The number of aliphatic imine (C=N–C) groups is 1. The molecule has 0 aromatic heterocycles. The van der Waals surface area contributed by atoms with Gasteiger partial charge in [-0.05, 0) is 6.08 Å². The van der Waals surface area contributed by atoms with Gasteiger partial charge in [-0.2, -0.15) is 7.05 Å². The molecule has 1 rings (SSSR count). The first kappa shape index (κ1) is 7.22. The normalized spacial score (nSPS) is 27.8. The summed E-state index contributed by atoms with van der Waals surface area (Å²) in [6, 6.07) is 0.176. The fraction of sp³-hybridized carbons (Fsp3) is 0.375. The van der Waals surface area contributed by atoms with E-state index in [4.69, 9.17) is 0 Å². The van der Waals surface area contributed by atoms with E-state index in [0.29, 0.717) is 0 Å². The molecule has 1 aliphatic carbocycles. The zero-order valence-electron chi connectivity index (χ0n) is 6.28. The van der Waals surface area contributed by atoms with Crippen LogP contribution in [0, 0.1) is 0 Å². The summed E-state index contributed by atoms with van der Waals surface area (Å²) >= 11 is 0. The van der Waals surface area contributed by atoms with Gasteiger partial charge in [-0.3, -0.25) is 4.99 Å². The van der Waals surface area contributed by atoms with Gasteiger partial charge in [-0.25, -0.2) is 0 Å². The second-order valence-corrected chi connectivity index (χ2v) is 2.10. The van der Waals surface area contributed by atoms with Crippen LogP contribution in [-0.2, 0) is 0 Å². The fourth-order valence-corrected chi connectivity index (χ4v) is 0.946. The highest BCUT2D eigenvalue weighted by Crippen LogP contribution is 2.07. The van der Waals surface area contributed by atoms with Crippen LogP contribution in [0.2, 0.25) is 0 Å². The molecular formula is C8H11N2-. The number of likely N-dealkylation sites (N-methyl/N-ethyl adjacent to an activating group) is 1. The summed E-state index contributed by atoms with van der Waals surface area (Å²) in [7, 11) is 3.59. The number of hydrogen-bond donors (Lipinski definition) is 0. The topological polar surface area (TPSA) is 26.5 Å². The molecule has 0 aliphatic heterocycles. The molecule has 54 valence electrons. The van der Waals surface area contributed by atoms with Crippen molar-refractivity contribution in [2.75, 3.05) is 14.1 Å². The van der Waals surface area contributed by atoms with Crippen molar-refractivity contribution in [2.24, 2.45) is 4.99 Å². The van der Waals surface area contributed by atoms with Crippen LogP contribution in [-0.4, -0.2) is 25.8 Å². The molecule has 10 heavy (non-hydrogen) atoms. The highest BCUT2D eigenvalue weighted by Gasteiger charge is 1.99. The average Bonchev–Trinajstić information content (AvgIpc) is 2.04. The maximum absolute atomic E-state index is 4.13. The average molecular weight is 135 g/mol. The number of hydrogen-bond acceptors (Lipinski definition) is 1. The lowest BCUT2D eigenvalue weighted by Crippen LogP contribution is -2.16. The Morgan fingerprint density at radius 1 is 1.50 bits per heavy atom. The fourth-order valence-electron chi connectivity index (χ4n) is 0.946. The van der Waals surface area contributed by atoms with Crippen molar-refractivity contribution in [1.29, 1.82) is 0 Å². The van der Waals surface area contributed by atoms with Gasteiger partial charge in [0, 0.05) is 12.8 Å². The molecule has 0 radical (unpaired) electrons. The molecule has 0 spiro atoms. The van der Waals surface area contributed by atoms with Crippen LogP contribution in [0.15, 0.2) is 29.3 Å². The first-order valence-electron chi connectivity index (χ1n) is 3.29. The lowest BCUT2D eigenvalue weighted by Gasteiger charge is -2.25. The molecule has 0 N–H and O–H groups in total. The summed E-state index contributed by atoms with van der Waals surface area (Å²) in [5.41, 5.74) is 1.03. The van der Waals surface area contributed by atoms with Crippen molar-refractivity contribution in [1.82, 2.24) is 0 Å². The zero-order chi connectivity index (χ0) is 7.40. The Kier molecular flexibility index (Phi) is 2.40. The first-order valence-corrected chi connectivity index (χ1v) is 3.29. The third kappa shape index (κ3) is 1.33. The third-order valence-electron chi connectivity index (χ3n) is 1.51. The molecule has 0 bridgehead atoms. The molecule has 2 heteroatoms. The minimum atomic E-state index is 0.176. The van der Waals surface area contributed by atoms with Gasteiger partial charge in [0.1, 0.15) is 0 Å². The predicted octanol–water partition coefficient (Wildman–Crippen LogP) is 1.56. The van der Waals surface area contributed by atoms with Crippen LogP contribution < -0.4 is 0 Å². The maximum atomic E-state index is 4.13. The third-order valence-corrected chi connectivity index (χ3v) is 1.51. The van der Waals surface area contributed by atoms with E-state index in [1.165, 1.54) is 0 Å². The maximum Gasteiger partial charge on any atom is 0.0279 e. The standard InChI is InChI=1S/C8H11N2/c1-9-7-5-3-4-6-8(7)10-2/h3-7H,1-2H3/q-1. The van der Waals surface area contributed by atoms with Crippen molar-refractivity contribution >= 4 is 5.71 Å². The van der Waals surface area contributed by atoms with E-state index in [1.807, 2.05) is 24.3 Å². The number of nitrogens with zero attached hydrogens (tertiary/aromatic N) is 2. The highest BCUT2D eigenvalue weighted by atomic mass is 14.9. The van der Waals surface area contributed by atoms with Crippen LogP contribution in [0.1, 0.15) is 0 Å². The molecule has 0 aromatic rings. The Labute approximate surface area is 61.4 Å². The molecule has 0 aromatic carbocycles. The SMILES string of the molecule is CN=C1C=CC=CC1[N-]C. The summed E-state index contributed by atoms with van der Waals surface area (Å²) in [4.78, 5) is 4.08. The van der Waals surface area contributed by atoms with Crippen molar-refractivity contribution in [3.05, 3.63) is 29.6 Å². The van der Waals surface area contributed by atoms with Crippen LogP contribution in [0.4, 0.5) is 0 Å². The largest absolute Gasteiger partial charge is 0.654 e. The Morgan fingerprint density at radius 3 is 2.80 bits per heavy atom. The summed E-state index contributed by atoms with van der Waals surface area (Å²) in [5.74, 6) is 0. The van der Waals surface area contributed by atoms with E-state index in [1.54, 1.807) is 14.1 Å². The first-order chi connectivity index (χ1) is 4.88. The Balaban J connectivity index is 2.74. The Hall–Kier alpha value is -0.890. The number of rotatable bonds is 1. The van der Waals surface area contributed by atoms with Crippen LogP contribution in [0.3, 0.4) is 0 Å². The molecule has 0 saturated heterocycles. The van der Waals surface area contributed by atoms with Gasteiger partial charge in [-0.15, -0.1) is 0 Å². The quantitative estimate of drug-likeness (QED) is 0.521. The van der Waals surface area contributed by atoms with Gasteiger partial charge >= 0.3 is 0 Å². The Morgan fingerprint density at radius 2 is 2.30 bits per heavy atom. The molecule has 1 unspecified atom stereocenters. The molecule has 0 fully saturated rings.